The van der Waals surface area contributed by atoms with Gasteiger partial charge in [0, 0.05) is 24.3 Å². The van der Waals surface area contributed by atoms with E-state index in [9.17, 15) is 15.0 Å². The number of hydrogen-bond acceptors (Lipinski definition) is 4. The predicted molar refractivity (Wildman–Crippen MR) is 79.1 cm³/mol. The minimum absolute atomic E-state index is 0.181. The first-order valence-corrected chi connectivity index (χ1v) is 6.74. The van der Waals surface area contributed by atoms with Crippen LogP contribution in [0, 0.1) is 0 Å². The van der Waals surface area contributed by atoms with Gasteiger partial charge in [0.25, 0.3) is 5.91 Å². The van der Waals surface area contributed by atoms with Gasteiger partial charge in [0.05, 0.1) is 0 Å². The third kappa shape index (κ3) is 2.38. The lowest BCUT2D eigenvalue weighted by Gasteiger charge is -2.29. The number of carbonyl (C=O) groups is 1. The van der Waals surface area contributed by atoms with E-state index >= 15 is 0 Å². The average Bonchev–Trinajstić information content (AvgIpc) is 2.49. The van der Waals surface area contributed by atoms with Crippen molar-refractivity contribution in [3.8, 4) is 11.5 Å². The third-order valence-electron chi connectivity index (χ3n) is 3.82. The summed E-state index contributed by atoms with van der Waals surface area (Å²) in [5, 5.41) is 18.8. The van der Waals surface area contributed by atoms with E-state index in [1.54, 1.807) is 4.90 Å². The molecule has 2 aromatic rings. The normalized spacial score (nSPS) is 13.8. The van der Waals surface area contributed by atoms with Gasteiger partial charge in [0.2, 0.25) is 0 Å². The molecule has 5 heteroatoms. The summed E-state index contributed by atoms with van der Waals surface area (Å²) in [4.78, 5) is 14.2. The molecule has 1 aliphatic heterocycles. The van der Waals surface area contributed by atoms with E-state index in [2.05, 4.69) is 0 Å². The fourth-order valence-corrected chi connectivity index (χ4v) is 2.62. The van der Waals surface area contributed by atoms with Crippen LogP contribution in [0.3, 0.4) is 0 Å². The number of phenolic OH excluding ortho intramolecular Hbond substituents is 2. The van der Waals surface area contributed by atoms with Gasteiger partial charge in [0.15, 0.2) is 11.5 Å². The van der Waals surface area contributed by atoms with Crippen molar-refractivity contribution in [3.05, 3.63) is 53.1 Å². The summed E-state index contributed by atoms with van der Waals surface area (Å²) >= 11 is 0. The molecule has 2 aromatic carbocycles. The topological polar surface area (TPSA) is 86.8 Å². The molecule has 0 saturated carbocycles. The number of rotatable bonds is 1. The molecule has 1 aliphatic rings. The molecule has 108 valence electrons. The van der Waals surface area contributed by atoms with E-state index in [1.807, 2.05) is 18.2 Å². The Kier molecular flexibility index (Phi) is 3.17. The number of phenols is 2. The number of hydrogen-bond donors (Lipinski definition) is 3. The number of nitrogens with two attached hydrogens (primary N) is 1. The number of nitrogen functional groups attached to an aromatic ring is 1. The molecule has 0 atom stereocenters. The number of nitrogens with zero attached hydrogens (tertiary/aromatic N) is 1. The zero-order valence-corrected chi connectivity index (χ0v) is 11.4. The number of amides is 1. The highest BCUT2D eigenvalue weighted by Crippen LogP contribution is 2.28. The van der Waals surface area contributed by atoms with Crippen LogP contribution < -0.4 is 5.73 Å². The summed E-state index contributed by atoms with van der Waals surface area (Å²) < 4.78 is 0. The Morgan fingerprint density at radius 2 is 1.95 bits per heavy atom. The van der Waals surface area contributed by atoms with Crippen molar-refractivity contribution in [1.82, 2.24) is 4.90 Å². The molecular formula is C16H16N2O3. The van der Waals surface area contributed by atoms with E-state index in [0.29, 0.717) is 24.3 Å². The van der Waals surface area contributed by atoms with Crippen LogP contribution in [0.15, 0.2) is 36.4 Å². The molecule has 3 rings (SSSR count). The number of benzene rings is 2. The van der Waals surface area contributed by atoms with Crippen LogP contribution >= 0.6 is 0 Å². The fraction of sp³-hybridized carbons (Fsp3) is 0.188. The van der Waals surface area contributed by atoms with Gasteiger partial charge in [-0.3, -0.25) is 4.79 Å². The standard InChI is InChI=1S/C16H16N2O3/c17-13-3-1-2-10-6-7-18(9-12(10)13)16(21)11-4-5-14(19)15(20)8-11/h1-5,8,19-20H,6-7,9,17H2. The molecule has 1 amide bonds. The van der Waals surface area contributed by atoms with E-state index in [1.165, 1.54) is 23.8 Å². The summed E-state index contributed by atoms with van der Waals surface area (Å²) in [5.41, 5.74) is 9.18. The highest BCUT2D eigenvalue weighted by Gasteiger charge is 2.23. The molecule has 0 unspecified atom stereocenters. The van der Waals surface area contributed by atoms with Gasteiger partial charge in [-0.25, -0.2) is 0 Å². The van der Waals surface area contributed by atoms with E-state index in [-0.39, 0.29) is 17.4 Å². The Labute approximate surface area is 122 Å². The van der Waals surface area contributed by atoms with Gasteiger partial charge in [-0.2, -0.15) is 0 Å². The zero-order chi connectivity index (χ0) is 15.0. The maximum absolute atomic E-state index is 12.5. The third-order valence-corrected chi connectivity index (χ3v) is 3.82. The Morgan fingerprint density at radius 3 is 2.71 bits per heavy atom. The summed E-state index contributed by atoms with van der Waals surface area (Å²) in [6.45, 7) is 1.07. The van der Waals surface area contributed by atoms with Gasteiger partial charge < -0.3 is 20.8 Å². The van der Waals surface area contributed by atoms with Crippen LogP contribution in [0.5, 0.6) is 11.5 Å². The molecule has 1 heterocycles. The van der Waals surface area contributed by atoms with Gasteiger partial charge in [-0.15, -0.1) is 0 Å². The molecule has 21 heavy (non-hydrogen) atoms. The van der Waals surface area contributed by atoms with Crippen molar-refractivity contribution in [1.29, 1.82) is 0 Å². The largest absolute Gasteiger partial charge is 0.504 e. The smallest absolute Gasteiger partial charge is 0.254 e. The fourth-order valence-electron chi connectivity index (χ4n) is 2.62. The SMILES string of the molecule is Nc1cccc2c1CN(C(=O)c1ccc(O)c(O)c1)CC2. The van der Waals surface area contributed by atoms with Crippen molar-refractivity contribution < 1.29 is 15.0 Å². The Balaban J connectivity index is 1.87. The average molecular weight is 284 g/mol. The molecule has 0 bridgehead atoms. The summed E-state index contributed by atoms with van der Waals surface area (Å²) in [5.74, 6) is -0.711. The summed E-state index contributed by atoms with van der Waals surface area (Å²) in [6.07, 6.45) is 0.760. The second kappa shape index (κ2) is 5.01. The van der Waals surface area contributed by atoms with E-state index in [4.69, 9.17) is 5.73 Å². The maximum Gasteiger partial charge on any atom is 0.254 e. The first-order chi connectivity index (χ1) is 10.1. The monoisotopic (exact) mass is 284 g/mol. The van der Waals surface area contributed by atoms with E-state index < -0.39 is 0 Å². The van der Waals surface area contributed by atoms with Gasteiger partial charge >= 0.3 is 0 Å². The lowest BCUT2D eigenvalue weighted by atomic mass is 9.97. The number of carbonyl (C=O) groups excluding carboxylic acids is 1. The number of fused-ring (bicyclic) bond motifs is 1. The lowest BCUT2D eigenvalue weighted by molar-refractivity contribution is 0.0735. The van der Waals surface area contributed by atoms with Gasteiger partial charge in [-0.1, -0.05) is 12.1 Å². The number of anilines is 1. The Morgan fingerprint density at radius 1 is 1.14 bits per heavy atom. The van der Waals surface area contributed by atoms with Crippen LogP contribution in [0.2, 0.25) is 0 Å². The Bertz CT molecular complexity index is 713. The van der Waals surface area contributed by atoms with Gasteiger partial charge in [0.1, 0.15) is 0 Å². The molecule has 0 fully saturated rings. The predicted octanol–water partition coefficient (Wildman–Crippen LogP) is 1.88. The van der Waals surface area contributed by atoms with Crippen LogP contribution in [-0.2, 0) is 13.0 Å². The second-order valence-corrected chi connectivity index (χ2v) is 5.17. The molecule has 5 nitrogen and oxygen atoms in total. The first kappa shape index (κ1) is 13.3. The lowest BCUT2D eigenvalue weighted by Crippen LogP contribution is -2.36. The van der Waals surface area contributed by atoms with Crippen molar-refractivity contribution in [2.24, 2.45) is 0 Å². The molecule has 0 saturated heterocycles. The minimum atomic E-state index is -0.294. The second-order valence-electron chi connectivity index (χ2n) is 5.17. The molecule has 4 N–H and O–H groups in total. The van der Waals surface area contributed by atoms with Crippen molar-refractivity contribution in [2.75, 3.05) is 12.3 Å². The zero-order valence-electron chi connectivity index (χ0n) is 11.4. The van der Waals surface area contributed by atoms with Crippen LogP contribution in [0.25, 0.3) is 0 Å². The number of aromatic hydroxyl groups is 2. The van der Waals surface area contributed by atoms with Crippen LogP contribution in [0.1, 0.15) is 21.5 Å². The highest BCUT2D eigenvalue weighted by atomic mass is 16.3. The van der Waals surface area contributed by atoms with Crippen LogP contribution in [-0.4, -0.2) is 27.6 Å². The van der Waals surface area contributed by atoms with Crippen molar-refractivity contribution in [2.45, 2.75) is 13.0 Å². The molecule has 0 radical (unpaired) electrons. The molecule has 0 spiro atoms. The molecular weight excluding hydrogens is 268 g/mol. The summed E-state index contributed by atoms with van der Waals surface area (Å²) in [7, 11) is 0. The highest BCUT2D eigenvalue weighted by molar-refractivity contribution is 5.95. The Hall–Kier alpha value is -2.69. The van der Waals surface area contributed by atoms with Gasteiger partial charge in [-0.05, 0) is 41.8 Å². The summed E-state index contributed by atoms with van der Waals surface area (Å²) in [6, 6.07) is 9.88. The van der Waals surface area contributed by atoms with Crippen molar-refractivity contribution >= 4 is 11.6 Å². The molecule has 0 aliphatic carbocycles. The molecule has 0 aromatic heterocycles. The quantitative estimate of drug-likeness (QED) is 0.551. The minimum Gasteiger partial charge on any atom is -0.504 e. The van der Waals surface area contributed by atoms with E-state index in [0.717, 1.165) is 12.0 Å². The van der Waals surface area contributed by atoms with Crippen LogP contribution in [0.4, 0.5) is 5.69 Å². The van der Waals surface area contributed by atoms with Crippen molar-refractivity contribution in [3.63, 3.8) is 0 Å². The maximum atomic E-state index is 12.5. The first-order valence-electron chi connectivity index (χ1n) is 6.74.